The first-order valence-electron chi connectivity index (χ1n) is 17.9. The van der Waals surface area contributed by atoms with Crippen molar-refractivity contribution >= 4 is 78.5 Å². The quantitative estimate of drug-likeness (QED) is 0.165. The average molecular weight is 679 g/mol. The van der Waals surface area contributed by atoms with E-state index in [-0.39, 0.29) is 0 Å². The topological polar surface area (TPSA) is 0 Å². The fourth-order valence-electron chi connectivity index (χ4n) is 9.46. The third-order valence-corrected chi connectivity index (χ3v) is 21.6. The molecule has 8 aromatic carbocycles. The summed E-state index contributed by atoms with van der Waals surface area (Å²) in [4.78, 5) is 0. The Morgan fingerprint density at radius 3 is 1.22 bits per heavy atom. The van der Waals surface area contributed by atoms with Gasteiger partial charge in [0.25, 0.3) is 0 Å². The van der Waals surface area contributed by atoms with Gasteiger partial charge in [-0.15, -0.1) is 0 Å². The second-order valence-corrected chi connectivity index (χ2v) is 22.1. The van der Waals surface area contributed by atoms with Gasteiger partial charge in [0.2, 0.25) is 0 Å². The van der Waals surface area contributed by atoms with Gasteiger partial charge < -0.3 is 0 Å². The number of aryl methyl sites for hydroxylation is 4. The average Bonchev–Trinajstić information content (AvgIpc) is 3.74. The molecule has 0 spiro atoms. The van der Waals surface area contributed by atoms with Gasteiger partial charge in [-0.3, -0.25) is 0 Å². The molecule has 0 radical (unpaired) electrons. The molecule has 10 rings (SSSR count). The van der Waals surface area contributed by atoms with Gasteiger partial charge in [-0.25, -0.2) is 0 Å². The van der Waals surface area contributed by atoms with Crippen molar-refractivity contribution < 1.29 is 0 Å². The van der Waals surface area contributed by atoms with Crippen LogP contribution in [0.5, 0.6) is 0 Å². The summed E-state index contributed by atoms with van der Waals surface area (Å²) in [6, 6.07) is 61.9. The molecule has 8 aromatic rings. The summed E-state index contributed by atoms with van der Waals surface area (Å²) in [5, 5.41) is 17.9. The number of rotatable bonds is 4. The molecule has 50 heavy (non-hydrogen) atoms. The van der Waals surface area contributed by atoms with Gasteiger partial charge >= 0.3 is 297 Å². The Hall–Kier alpha value is -4.86. The van der Waals surface area contributed by atoms with Crippen LogP contribution in [0.25, 0.3) is 32.7 Å². The van der Waals surface area contributed by atoms with Crippen molar-refractivity contribution in [3.63, 3.8) is 0 Å². The Labute approximate surface area is 296 Å². The molecule has 0 amide bonds. The second-order valence-electron chi connectivity index (χ2n) is 14.7. The number of fused-ring (bicyclic) bond motifs is 10. The van der Waals surface area contributed by atoms with Crippen LogP contribution >= 0.6 is 14.5 Å². The number of hydrogen-bond donors (Lipinski definition) is 0. The van der Waals surface area contributed by atoms with Gasteiger partial charge in [0, 0.05) is 0 Å². The van der Waals surface area contributed by atoms with Crippen molar-refractivity contribution in [2.75, 3.05) is 0 Å². The summed E-state index contributed by atoms with van der Waals surface area (Å²) >= 11 is 0. The SMILES string of the molecule is Cc1ccc([PH]2(c3ccc(C)cc3)c3ccc4ccccc4c3-c3c2c2c(c4ccccc34)[PH]2(c2ccc(C)cc2)c2ccc(C)cc2)cc1. The Kier molecular flexibility index (Phi) is 6.49. The summed E-state index contributed by atoms with van der Waals surface area (Å²) in [6.45, 7) is 8.86. The van der Waals surface area contributed by atoms with Crippen LogP contribution in [0.15, 0.2) is 158 Å². The Morgan fingerprint density at radius 1 is 0.300 bits per heavy atom. The third-order valence-electron chi connectivity index (χ3n) is 11.8. The molecule has 242 valence electrons. The van der Waals surface area contributed by atoms with Gasteiger partial charge in [-0.2, -0.15) is 0 Å². The Balaban J connectivity index is 1.47. The Morgan fingerprint density at radius 2 is 0.720 bits per heavy atom. The maximum atomic E-state index is 2.52. The van der Waals surface area contributed by atoms with Crippen molar-refractivity contribution in [2.45, 2.75) is 27.7 Å². The van der Waals surface area contributed by atoms with Gasteiger partial charge in [0.05, 0.1) is 0 Å². The molecule has 0 aromatic heterocycles. The molecule has 0 fully saturated rings. The van der Waals surface area contributed by atoms with Crippen molar-refractivity contribution in [1.82, 2.24) is 0 Å². The second kappa shape index (κ2) is 10.8. The number of hydrogen-bond acceptors (Lipinski definition) is 0. The first-order chi connectivity index (χ1) is 24.4. The van der Waals surface area contributed by atoms with Crippen LogP contribution < -0.4 is 42.4 Å². The summed E-state index contributed by atoms with van der Waals surface area (Å²) in [5.41, 5.74) is 8.15. The predicted octanol–water partition coefficient (Wildman–Crippen LogP) is 8.22. The van der Waals surface area contributed by atoms with E-state index in [1.807, 2.05) is 0 Å². The normalized spacial score (nSPS) is 16.0. The minimum atomic E-state index is -2.84. The molecule has 0 nitrogen and oxygen atoms in total. The van der Waals surface area contributed by atoms with E-state index in [9.17, 15) is 0 Å². The van der Waals surface area contributed by atoms with E-state index in [1.54, 1.807) is 15.9 Å². The van der Waals surface area contributed by atoms with E-state index in [0.717, 1.165) is 0 Å². The van der Waals surface area contributed by atoms with Crippen LogP contribution in [0.4, 0.5) is 0 Å². The van der Waals surface area contributed by atoms with Crippen molar-refractivity contribution in [3.8, 4) is 11.1 Å². The summed E-state index contributed by atoms with van der Waals surface area (Å²) in [7, 11) is -5.40. The molecule has 0 saturated carbocycles. The minimum absolute atomic E-state index is 1.30. The maximum absolute atomic E-state index is 2.84. The first kappa shape index (κ1) is 30.0. The van der Waals surface area contributed by atoms with E-state index >= 15 is 0 Å². The fourth-order valence-corrected chi connectivity index (χ4v) is 21.1. The van der Waals surface area contributed by atoms with E-state index < -0.39 is 14.5 Å². The summed E-state index contributed by atoms with van der Waals surface area (Å²) in [6.07, 6.45) is 0. The van der Waals surface area contributed by atoms with Gasteiger partial charge in [-0.05, 0) is 0 Å². The number of benzene rings is 8. The van der Waals surface area contributed by atoms with Crippen LogP contribution in [0.1, 0.15) is 22.3 Å². The van der Waals surface area contributed by atoms with Crippen molar-refractivity contribution in [1.29, 1.82) is 0 Å². The van der Waals surface area contributed by atoms with Crippen LogP contribution in [-0.2, 0) is 0 Å². The molecule has 2 heteroatoms. The molecule has 2 aliphatic rings. The zero-order chi connectivity index (χ0) is 33.8. The third kappa shape index (κ3) is 3.90. The molecule has 2 aliphatic heterocycles. The van der Waals surface area contributed by atoms with Crippen LogP contribution in [0, 0.1) is 27.7 Å². The molecule has 0 N–H and O–H groups in total. The zero-order valence-corrected chi connectivity index (χ0v) is 31.0. The molecule has 0 saturated heterocycles. The van der Waals surface area contributed by atoms with Gasteiger partial charge in [0.15, 0.2) is 0 Å². The predicted molar refractivity (Wildman–Crippen MR) is 225 cm³/mol. The zero-order valence-electron chi connectivity index (χ0n) is 29.0. The van der Waals surface area contributed by atoms with Crippen molar-refractivity contribution in [3.05, 3.63) is 180 Å². The van der Waals surface area contributed by atoms with Crippen LogP contribution in [0.3, 0.4) is 0 Å². The molecule has 0 aliphatic carbocycles. The molecule has 0 bridgehead atoms. The van der Waals surface area contributed by atoms with E-state index in [0.29, 0.717) is 0 Å². The van der Waals surface area contributed by atoms with Crippen molar-refractivity contribution in [2.24, 2.45) is 0 Å². The molecule has 0 unspecified atom stereocenters. The molecular formula is C48H40P2. The fraction of sp³-hybridized carbons (Fsp3) is 0.0833. The summed E-state index contributed by atoms with van der Waals surface area (Å²) in [5.74, 6) is 0. The Bertz CT molecular complexity index is 2560. The van der Waals surface area contributed by atoms with E-state index in [2.05, 4.69) is 185 Å². The molecular weight excluding hydrogens is 638 g/mol. The molecule has 2 heterocycles. The van der Waals surface area contributed by atoms with Gasteiger partial charge in [0.1, 0.15) is 0 Å². The monoisotopic (exact) mass is 678 g/mol. The van der Waals surface area contributed by atoms with Gasteiger partial charge in [-0.1, -0.05) is 0 Å². The summed E-state index contributed by atoms with van der Waals surface area (Å²) < 4.78 is 0. The molecule has 0 atom stereocenters. The van der Waals surface area contributed by atoms with Crippen LogP contribution in [-0.4, -0.2) is 0 Å². The van der Waals surface area contributed by atoms with Crippen LogP contribution in [0.2, 0.25) is 0 Å². The first-order valence-corrected chi connectivity index (χ1v) is 21.9. The van der Waals surface area contributed by atoms with E-state index in [4.69, 9.17) is 0 Å². The van der Waals surface area contributed by atoms with E-state index in [1.165, 1.54) is 81.4 Å². The standard InChI is InChI=1S/C48H40P2/c1-31-13-22-36(23-14-31)49(37-24-15-32(2)16-25-37)43-30-21-35-9-5-6-10-40(35)44(43)45-41-11-7-8-12-42(41)46-48(47(45)49)50(46,38-26-17-33(3)18-27-38)39-28-19-34(4)20-29-39/h5-30,49-50H,1-4H3.